The Morgan fingerprint density at radius 3 is 2.76 bits per heavy atom. The number of hydrogen-bond acceptors (Lipinski definition) is 3. The zero-order valence-corrected chi connectivity index (χ0v) is 11.1. The first-order chi connectivity index (χ1) is 7.99. The lowest BCUT2D eigenvalue weighted by Gasteiger charge is -2.23. The Bertz CT molecular complexity index is 431. The fourth-order valence-corrected chi connectivity index (χ4v) is 2.43. The average molecular weight is 257 g/mol. The Morgan fingerprint density at radius 2 is 2.29 bits per heavy atom. The van der Waals surface area contributed by atoms with Crippen molar-refractivity contribution in [2.24, 2.45) is 7.05 Å². The van der Waals surface area contributed by atoms with Crippen LogP contribution in [0.1, 0.15) is 16.9 Å². The van der Waals surface area contributed by atoms with Crippen LogP contribution in [0.5, 0.6) is 0 Å². The van der Waals surface area contributed by atoms with Crippen LogP contribution >= 0.6 is 11.6 Å². The number of carbonyl (C=O) groups is 1. The molecule has 2 heterocycles. The van der Waals surface area contributed by atoms with Gasteiger partial charge in [0, 0.05) is 32.9 Å². The van der Waals surface area contributed by atoms with Gasteiger partial charge in [-0.25, -0.2) is 0 Å². The van der Waals surface area contributed by atoms with E-state index in [1.807, 2.05) is 7.05 Å². The van der Waals surface area contributed by atoms with E-state index in [2.05, 4.69) is 17.0 Å². The molecule has 0 spiro atoms. The smallest absolute Gasteiger partial charge is 0.275 e. The molecule has 0 bridgehead atoms. The highest BCUT2D eigenvalue weighted by Crippen LogP contribution is 2.19. The van der Waals surface area contributed by atoms with Gasteiger partial charge in [-0.1, -0.05) is 11.6 Å². The van der Waals surface area contributed by atoms with Crippen LogP contribution in [-0.4, -0.2) is 58.7 Å². The second kappa shape index (κ2) is 4.66. The van der Waals surface area contributed by atoms with Gasteiger partial charge in [0.2, 0.25) is 0 Å². The third-order valence-electron chi connectivity index (χ3n) is 3.22. The Hall–Kier alpha value is -1.07. The van der Waals surface area contributed by atoms with Crippen molar-refractivity contribution in [3.63, 3.8) is 0 Å². The monoisotopic (exact) mass is 256 g/mol. The van der Waals surface area contributed by atoms with Crippen molar-refractivity contribution in [3.8, 4) is 0 Å². The standard InChI is InChI=1S/C11H17ClN4O/c1-14-5-4-8(6-14)16(3)11(17)10-9(12)7-15(2)13-10/h7-8H,4-6H2,1-3H3. The fourth-order valence-electron chi connectivity index (χ4n) is 2.17. The first kappa shape index (κ1) is 12.4. The van der Waals surface area contributed by atoms with E-state index in [1.165, 1.54) is 0 Å². The molecule has 94 valence electrons. The van der Waals surface area contributed by atoms with Crippen LogP contribution < -0.4 is 0 Å². The quantitative estimate of drug-likeness (QED) is 0.788. The molecule has 5 nitrogen and oxygen atoms in total. The number of rotatable bonds is 2. The number of aromatic nitrogens is 2. The molecule has 17 heavy (non-hydrogen) atoms. The van der Waals surface area contributed by atoms with Crippen molar-refractivity contribution < 1.29 is 4.79 Å². The lowest BCUT2D eigenvalue weighted by molar-refractivity contribution is 0.0731. The fraction of sp³-hybridized carbons (Fsp3) is 0.636. The molecule has 0 saturated carbocycles. The molecule has 1 aliphatic rings. The predicted octanol–water partition coefficient (Wildman–Crippen LogP) is 0.850. The second-order valence-electron chi connectivity index (χ2n) is 4.62. The summed E-state index contributed by atoms with van der Waals surface area (Å²) in [6.45, 7) is 1.94. The maximum Gasteiger partial charge on any atom is 0.275 e. The zero-order valence-electron chi connectivity index (χ0n) is 10.4. The van der Waals surface area contributed by atoms with E-state index in [4.69, 9.17) is 11.6 Å². The molecule has 0 N–H and O–H groups in total. The number of likely N-dealkylation sites (N-methyl/N-ethyl adjacent to an activating group) is 2. The Kier molecular flexibility index (Phi) is 3.40. The second-order valence-corrected chi connectivity index (χ2v) is 5.03. The summed E-state index contributed by atoms with van der Waals surface area (Å²) >= 11 is 5.98. The number of amides is 1. The minimum atomic E-state index is -0.101. The van der Waals surface area contributed by atoms with Gasteiger partial charge in [0.1, 0.15) is 0 Å². The van der Waals surface area contributed by atoms with Crippen molar-refractivity contribution in [2.45, 2.75) is 12.5 Å². The van der Waals surface area contributed by atoms with Crippen LogP contribution in [-0.2, 0) is 7.05 Å². The normalized spacial score (nSPS) is 20.8. The van der Waals surface area contributed by atoms with E-state index in [0.29, 0.717) is 10.7 Å². The van der Waals surface area contributed by atoms with Crippen LogP contribution in [0.15, 0.2) is 6.20 Å². The highest BCUT2D eigenvalue weighted by Gasteiger charge is 2.29. The van der Waals surface area contributed by atoms with E-state index in [0.717, 1.165) is 19.5 Å². The Morgan fingerprint density at radius 1 is 1.59 bits per heavy atom. The van der Waals surface area contributed by atoms with Gasteiger partial charge in [0.15, 0.2) is 5.69 Å². The van der Waals surface area contributed by atoms with Gasteiger partial charge in [-0.05, 0) is 20.0 Å². The van der Waals surface area contributed by atoms with Crippen molar-refractivity contribution in [1.29, 1.82) is 0 Å². The molecule has 1 fully saturated rings. The van der Waals surface area contributed by atoms with Crippen molar-refractivity contribution in [1.82, 2.24) is 19.6 Å². The number of carbonyl (C=O) groups excluding carboxylic acids is 1. The molecule has 0 aromatic carbocycles. The molecule has 0 aliphatic carbocycles. The molecule has 1 amide bonds. The molecule has 1 aliphatic heterocycles. The summed E-state index contributed by atoms with van der Waals surface area (Å²) in [7, 11) is 5.63. The van der Waals surface area contributed by atoms with Crippen molar-refractivity contribution in [3.05, 3.63) is 16.9 Å². The zero-order chi connectivity index (χ0) is 12.6. The molecule has 1 saturated heterocycles. The van der Waals surface area contributed by atoms with E-state index >= 15 is 0 Å². The Labute approximate surface area is 106 Å². The molecule has 1 unspecified atom stereocenters. The van der Waals surface area contributed by atoms with Crippen molar-refractivity contribution >= 4 is 17.5 Å². The number of aryl methyl sites for hydroxylation is 1. The molecule has 1 atom stereocenters. The first-order valence-corrected chi connectivity index (χ1v) is 6.01. The van der Waals surface area contributed by atoms with Crippen LogP contribution in [0.4, 0.5) is 0 Å². The number of nitrogens with zero attached hydrogens (tertiary/aromatic N) is 4. The maximum atomic E-state index is 12.2. The first-order valence-electron chi connectivity index (χ1n) is 5.64. The van der Waals surface area contributed by atoms with E-state index in [-0.39, 0.29) is 11.9 Å². The largest absolute Gasteiger partial charge is 0.336 e. The minimum Gasteiger partial charge on any atom is -0.336 e. The van der Waals surface area contributed by atoms with Gasteiger partial charge in [0.05, 0.1) is 5.02 Å². The maximum absolute atomic E-state index is 12.2. The number of hydrogen-bond donors (Lipinski definition) is 0. The summed E-state index contributed by atoms with van der Waals surface area (Å²) in [6, 6.07) is 0.255. The highest BCUT2D eigenvalue weighted by atomic mass is 35.5. The van der Waals surface area contributed by atoms with E-state index in [1.54, 1.807) is 22.8 Å². The molecule has 1 aromatic rings. The highest BCUT2D eigenvalue weighted by molar-refractivity contribution is 6.33. The Balaban J connectivity index is 2.12. The van der Waals surface area contributed by atoms with Gasteiger partial charge >= 0.3 is 0 Å². The molecular formula is C11H17ClN4O. The number of halogens is 1. The van der Waals surface area contributed by atoms with Gasteiger partial charge < -0.3 is 9.80 Å². The van der Waals surface area contributed by atoms with Crippen molar-refractivity contribution in [2.75, 3.05) is 27.2 Å². The lowest BCUT2D eigenvalue weighted by atomic mass is 10.2. The topological polar surface area (TPSA) is 41.4 Å². The third-order valence-corrected chi connectivity index (χ3v) is 3.50. The molecular weight excluding hydrogens is 240 g/mol. The van der Waals surface area contributed by atoms with Gasteiger partial charge in [-0.15, -0.1) is 0 Å². The summed E-state index contributed by atoms with van der Waals surface area (Å²) in [6.07, 6.45) is 2.65. The summed E-state index contributed by atoms with van der Waals surface area (Å²) in [5, 5.41) is 4.51. The average Bonchev–Trinajstić information content (AvgIpc) is 2.83. The molecule has 1 aromatic heterocycles. The van der Waals surface area contributed by atoms with Crippen LogP contribution in [0.25, 0.3) is 0 Å². The van der Waals surface area contributed by atoms with Gasteiger partial charge in [-0.3, -0.25) is 9.48 Å². The summed E-state index contributed by atoms with van der Waals surface area (Å²) in [4.78, 5) is 16.2. The molecule has 0 radical (unpaired) electrons. The van der Waals surface area contributed by atoms with E-state index in [9.17, 15) is 4.79 Å². The van der Waals surface area contributed by atoms with E-state index < -0.39 is 0 Å². The molecule has 6 heteroatoms. The summed E-state index contributed by atoms with van der Waals surface area (Å²) in [5.74, 6) is -0.101. The molecule has 2 rings (SSSR count). The summed E-state index contributed by atoms with van der Waals surface area (Å²) < 4.78 is 1.56. The lowest BCUT2D eigenvalue weighted by Crippen LogP contribution is -2.38. The van der Waals surface area contributed by atoms with Gasteiger partial charge in [-0.2, -0.15) is 5.10 Å². The minimum absolute atomic E-state index is 0.101. The third kappa shape index (κ3) is 2.45. The predicted molar refractivity (Wildman–Crippen MR) is 66.2 cm³/mol. The number of likely N-dealkylation sites (tertiary alicyclic amines) is 1. The van der Waals surface area contributed by atoms with Crippen LogP contribution in [0.3, 0.4) is 0 Å². The SMILES string of the molecule is CN1CCC(N(C)C(=O)c2nn(C)cc2Cl)C1. The van der Waals surface area contributed by atoms with Crippen LogP contribution in [0.2, 0.25) is 5.02 Å². The summed E-state index contributed by atoms with van der Waals surface area (Å²) in [5.41, 5.74) is 0.339. The van der Waals surface area contributed by atoms with Crippen LogP contribution in [0, 0.1) is 0 Å². The van der Waals surface area contributed by atoms with Gasteiger partial charge in [0.25, 0.3) is 5.91 Å².